The lowest BCUT2D eigenvalue weighted by molar-refractivity contribution is -0.131. The number of rotatable bonds is 1. The molecular formula is C111H203N9O6. The number of piperidine rings is 3. The maximum absolute atomic E-state index is 10.7. The monoisotopic (exact) mass is 1760 g/mol. The number of carbonyl (C=O) groups is 2. The highest BCUT2D eigenvalue weighted by molar-refractivity contribution is 5.77. The number of imidazole rings is 1. The average molecular weight is 1760 g/mol. The van der Waals surface area contributed by atoms with E-state index in [4.69, 9.17) is 24.6 Å². The van der Waals surface area contributed by atoms with Gasteiger partial charge in [0, 0.05) is 122 Å². The van der Waals surface area contributed by atoms with Gasteiger partial charge in [-0.05, 0) is 270 Å². The highest BCUT2D eigenvalue weighted by atomic mass is 16.6. The third-order valence-electron chi connectivity index (χ3n) is 30.7. The number of pyridine rings is 1. The Hall–Kier alpha value is -3.49. The van der Waals surface area contributed by atoms with Gasteiger partial charge >= 0.3 is 0 Å². The lowest BCUT2D eigenvalue weighted by Crippen LogP contribution is -2.35. The Morgan fingerprint density at radius 3 is 1.04 bits per heavy atom. The summed E-state index contributed by atoms with van der Waals surface area (Å²) in [5, 5.41) is 16.6. The number of nitrogens with zero attached hydrogens (tertiary/aromatic N) is 9. The van der Waals surface area contributed by atoms with Crippen LogP contribution in [0.15, 0.2) is 30.7 Å². The number of aromatic nitrogens is 3. The fourth-order valence-corrected chi connectivity index (χ4v) is 19.7. The van der Waals surface area contributed by atoms with Crippen molar-refractivity contribution in [1.82, 2.24) is 39.0 Å². The van der Waals surface area contributed by atoms with Crippen LogP contribution in [0.3, 0.4) is 0 Å². The topological polar surface area (TPSA) is 156 Å². The second-order valence-electron chi connectivity index (χ2n) is 41.7. The molecule has 2 aromatic rings. The number of epoxide rings is 1. The average Bonchev–Trinajstić information content (AvgIpc) is 1.60. The SMILES string of the molecule is C1CC2CCC1C2.C1CCC1.C1CCC1.C1CCCC1.C1CCCC1.C1CCCCC1.C1CCCCC1.C1CCOC1.C1CCOCC1.CC12CCCC1O2.CCC1CCC1.CN1C2CCCC1CC2.CN1CCCC1.CN1CCCC1=O.CN1CCCCC1.CN1CCCCC1=O.N#CC1CCC1.OC1CCC1.c1cn2c(n1)CCC2.c1cnc2c(c1)CCC2. The molecule has 21 fully saturated rings. The van der Waals surface area contributed by atoms with Gasteiger partial charge in [0.1, 0.15) is 5.82 Å². The standard InChI is InChI=1S/C8H15N.C8H9N.C7H12.C6H8N2.C6H11NO.C6H13N.C6H10O.3C6H12.C5H9NO.C5H11N.C5H7N.C5H10O.2C5H10.2C4H8O.2C4H8/c1-9-7-3-2-4-8(9)6-5-7;1-3-7-4-2-6-9-8(7)5-1;1-2-7-4-3-6(1)5-7;1-2-6-7-3-5-8(6)4-1;1-7-5-3-2-4-6(7)8;1-7-5-3-2-4-6-7;1-6-4-2-3-5(6)7-6;1-2-6-4-3-5-6;2*1-2-4-6-5-3-1;1-6-4-2-3-5(6)7;1-6-4-2-3-5-6;6-4-5-2-1-3-5;1-2-4-6-5-3-1;3*1-2-4-5-3-1;5-4-2-1-3-4;2*1-2-4-3-1/h7-8H,2-6H2,1H3;2,4,6H,1,3,5H2;6-7H,1-5H2;3,5H,1-2,4H2;2-5H2,1H3;2-6H2,1H3;5H,2-4H2,1H3;6H,2-5H2,1H3;2*1-6H2;2-4H2,1H3;2-5H2,1H3;5H,1-3H2;1-5H2;2*1-5H2;1-4H2;4-5H,1-3H2;2*1-4H2. The molecule has 15 heteroatoms. The first-order valence-corrected chi connectivity index (χ1v) is 55.1. The van der Waals surface area contributed by atoms with Crippen LogP contribution in [0.4, 0.5) is 0 Å². The fraction of sp³-hybridized carbons (Fsp3) is 0.901. The molecule has 0 aromatic carbocycles. The van der Waals surface area contributed by atoms with Crippen molar-refractivity contribution >= 4 is 11.8 Å². The molecule has 0 radical (unpaired) electrons. The Morgan fingerprint density at radius 1 is 0.405 bits per heavy atom. The fourth-order valence-electron chi connectivity index (χ4n) is 19.7. The smallest absolute Gasteiger partial charge is 0.222 e. The zero-order valence-corrected chi connectivity index (χ0v) is 83.9. The minimum Gasteiger partial charge on any atom is -0.393 e. The van der Waals surface area contributed by atoms with Crippen LogP contribution in [0, 0.1) is 35.0 Å². The predicted molar refractivity (Wildman–Crippen MR) is 533 cm³/mol. The summed E-state index contributed by atoms with van der Waals surface area (Å²) in [6.45, 7) is 16.9. The number of aliphatic hydroxyl groups is 1. The quantitative estimate of drug-likeness (QED) is 0.270. The van der Waals surface area contributed by atoms with Crippen LogP contribution in [0.25, 0.3) is 0 Å². The largest absolute Gasteiger partial charge is 0.393 e. The third-order valence-corrected chi connectivity index (χ3v) is 30.7. The Kier molecular flexibility index (Phi) is 65.3. The highest BCUT2D eigenvalue weighted by Crippen LogP contribution is 2.49. The second-order valence-corrected chi connectivity index (χ2v) is 41.7. The van der Waals surface area contributed by atoms with Gasteiger partial charge in [-0.1, -0.05) is 276 Å². The molecule has 126 heavy (non-hydrogen) atoms. The van der Waals surface area contributed by atoms with Crippen molar-refractivity contribution in [3.05, 3.63) is 47.8 Å². The molecule has 13 aliphatic carbocycles. The summed E-state index contributed by atoms with van der Waals surface area (Å²) in [5.41, 5.74) is 3.13. The van der Waals surface area contributed by atoms with Crippen LogP contribution in [0.5, 0.6) is 0 Å². The summed E-state index contributed by atoms with van der Waals surface area (Å²) in [4.78, 5) is 40.5. The maximum atomic E-state index is 10.7. The summed E-state index contributed by atoms with van der Waals surface area (Å²) in [6.07, 6.45) is 108. The molecular weight excluding hydrogens is 1560 g/mol. The molecule has 2 amide bonds. The van der Waals surface area contributed by atoms with Crippen molar-refractivity contribution in [2.45, 2.75) is 519 Å². The van der Waals surface area contributed by atoms with E-state index in [1.165, 1.54) is 447 Å². The van der Waals surface area contributed by atoms with E-state index in [2.05, 4.69) is 76.4 Å². The summed E-state index contributed by atoms with van der Waals surface area (Å²) >= 11 is 0. The minimum absolute atomic E-state index is 0.0648. The first-order valence-electron chi connectivity index (χ1n) is 55.1. The number of ether oxygens (including phenoxy) is 3. The Balaban J connectivity index is 0.000000205. The lowest BCUT2D eigenvalue weighted by Gasteiger charge is -2.30. The van der Waals surface area contributed by atoms with Crippen LogP contribution in [-0.4, -0.2) is 187 Å². The molecule has 4 bridgehead atoms. The molecule has 23 aliphatic rings. The Bertz CT molecular complexity index is 2660. The van der Waals surface area contributed by atoms with Gasteiger partial charge in [-0.3, -0.25) is 14.6 Å². The first kappa shape index (κ1) is 111. The molecule has 12 heterocycles. The number of carbonyl (C=O) groups excluding carboxylic acids is 2. The zero-order valence-electron chi connectivity index (χ0n) is 83.9. The van der Waals surface area contributed by atoms with Crippen LogP contribution in [0.2, 0.25) is 0 Å². The van der Waals surface area contributed by atoms with E-state index in [0.717, 1.165) is 109 Å². The van der Waals surface area contributed by atoms with E-state index in [0.29, 0.717) is 29.4 Å². The zero-order chi connectivity index (χ0) is 89.6. The van der Waals surface area contributed by atoms with Crippen molar-refractivity contribution in [2.75, 3.05) is 101 Å². The van der Waals surface area contributed by atoms with Gasteiger partial charge in [-0.25, -0.2) is 4.98 Å². The molecule has 9 saturated heterocycles. The van der Waals surface area contributed by atoms with Crippen LogP contribution in [0.1, 0.15) is 480 Å². The molecule has 15 nitrogen and oxygen atoms in total. The molecule has 0 spiro atoms. The molecule has 2 aromatic heterocycles. The van der Waals surface area contributed by atoms with Crippen molar-refractivity contribution in [2.24, 2.45) is 23.7 Å². The van der Waals surface area contributed by atoms with E-state index >= 15 is 0 Å². The van der Waals surface area contributed by atoms with E-state index in [1.54, 1.807) is 41.9 Å². The number of amides is 2. The second kappa shape index (κ2) is 73.9. The maximum Gasteiger partial charge on any atom is 0.222 e. The normalized spacial score (nSPS) is 27.3. The number of hydrogen-bond acceptors (Lipinski definition) is 12. The van der Waals surface area contributed by atoms with Crippen LogP contribution in [-0.2, 0) is 49.6 Å². The van der Waals surface area contributed by atoms with Gasteiger partial charge in [0.05, 0.1) is 23.9 Å². The number of likely N-dealkylation sites (tertiary alicyclic amines) is 4. The van der Waals surface area contributed by atoms with Gasteiger partial charge in [-0.15, -0.1) is 0 Å². The molecule has 1 N–H and O–H groups in total. The number of nitriles is 1. The molecule has 25 rings (SSSR count). The number of hydrogen-bond donors (Lipinski definition) is 1. The van der Waals surface area contributed by atoms with E-state index < -0.39 is 0 Å². The number of aryl methyl sites for hydroxylation is 4. The van der Waals surface area contributed by atoms with Crippen LogP contribution >= 0.6 is 0 Å². The minimum atomic E-state index is 0.0648. The van der Waals surface area contributed by atoms with Gasteiger partial charge < -0.3 is 48.4 Å². The van der Waals surface area contributed by atoms with Gasteiger partial charge in [0.2, 0.25) is 11.8 Å². The van der Waals surface area contributed by atoms with E-state index in [1.807, 2.05) is 38.8 Å². The van der Waals surface area contributed by atoms with Crippen molar-refractivity contribution in [3.8, 4) is 6.07 Å². The van der Waals surface area contributed by atoms with Crippen LogP contribution < -0.4 is 0 Å². The highest BCUT2D eigenvalue weighted by Gasteiger charge is 2.55. The Morgan fingerprint density at radius 2 is 0.802 bits per heavy atom. The van der Waals surface area contributed by atoms with Crippen molar-refractivity contribution < 1.29 is 28.9 Å². The van der Waals surface area contributed by atoms with Gasteiger partial charge in [0.25, 0.3) is 0 Å². The van der Waals surface area contributed by atoms with Gasteiger partial charge in [-0.2, -0.15) is 5.26 Å². The number of fused-ring (bicyclic) bond motifs is 7. The molecule has 728 valence electrons. The molecule has 10 aliphatic heterocycles. The lowest BCUT2D eigenvalue weighted by atomic mass is 9.84. The summed E-state index contributed by atoms with van der Waals surface area (Å²) in [7, 11) is 10.4. The molecule has 4 unspecified atom stereocenters. The number of aliphatic hydroxyl groups excluding tert-OH is 1. The van der Waals surface area contributed by atoms with Crippen molar-refractivity contribution in [1.29, 1.82) is 5.26 Å². The van der Waals surface area contributed by atoms with Crippen molar-refractivity contribution in [3.63, 3.8) is 0 Å². The molecule has 4 atom stereocenters. The predicted octanol–water partition coefficient (Wildman–Crippen LogP) is 28.0. The first-order chi connectivity index (χ1) is 61.7. The Labute approximate surface area is 778 Å². The summed E-state index contributed by atoms with van der Waals surface area (Å²) < 4.78 is 17.6. The third kappa shape index (κ3) is 54.6. The van der Waals surface area contributed by atoms with E-state index in [9.17, 15) is 9.59 Å². The summed E-state index contributed by atoms with van der Waals surface area (Å²) in [5.74, 6) is 5.73. The van der Waals surface area contributed by atoms with Gasteiger partial charge in [0.15, 0.2) is 0 Å². The molecule has 12 saturated carbocycles. The summed E-state index contributed by atoms with van der Waals surface area (Å²) in [6, 6.07) is 8.32. The van der Waals surface area contributed by atoms with E-state index in [-0.39, 0.29) is 6.10 Å².